The summed E-state index contributed by atoms with van der Waals surface area (Å²) in [6.45, 7) is 8.01. The van der Waals surface area contributed by atoms with Crippen molar-refractivity contribution in [3.8, 4) is 0 Å². The summed E-state index contributed by atoms with van der Waals surface area (Å²) in [6, 6.07) is 9.10. The summed E-state index contributed by atoms with van der Waals surface area (Å²) in [5, 5.41) is 13.5. The van der Waals surface area contributed by atoms with Crippen molar-refractivity contribution >= 4 is 0 Å². The molecule has 1 aliphatic carbocycles. The number of aryl methyl sites for hydroxylation is 1. The Hall–Kier alpha value is -0.860. The van der Waals surface area contributed by atoms with Crippen LogP contribution in [0.5, 0.6) is 0 Å². The second kappa shape index (κ2) is 9.44. The highest BCUT2D eigenvalue weighted by Crippen LogP contribution is 2.31. The van der Waals surface area contributed by atoms with Crippen LogP contribution in [0.2, 0.25) is 0 Å². The molecule has 1 aromatic rings. The van der Waals surface area contributed by atoms with Gasteiger partial charge in [-0.15, -0.1) is 0 Å². The Labute approximate surface area is 142 Å². The molecule has 2 nitrogen and oxygen atoms in total. The van der Waals surface area contributed by atoms with Crippen LogP contribution >= 0.6 is 0 Å². The second-order valence-electron chi connectivity index (χ2n) is 7.88. The lowest BCUT2D eigenvalue weighted by atomic mass is 9.91. The van der Waals surface area contributed by atoms with Crippen molar-refractivity contribution in [1.29, 1.82) is 0 Å². The van der Waals surface area contributed by atoms with Gasteiger partial charge in [0, 0.05) is 19.2 Å². The molecule has 0 bridgehead atoms. The van der Waals surface area contributed by atoms with Crippen LogP contribution in [0, 0.1) is 24.7 Å². The summed E-state index contributed by atoms with van der Waals surface area (Å²) < 4.78 is 0. The average molecular weight is 318 g/mol. The van der Waals surface area contributed by atoms with Gasteiger partial charge >= 0.3 is 0 Å². The van der Waals surface area contributed by atoms with Gasteiger partial charge in [0.1, 0.15) is 0 Å². The Kier molecular flexibility index (Phi) is 7.58. The lowest BCUT2D eigenvalue weighted by molar-refractivity contribution is 0.191. The van der Waals surface area contributed by atoms with E-state index >= 15 is 0 Å². The van der Waals surface area contributed by atoms with Crippen molar-refractivity contribution in [3.05, 3.63) is 35.4 Å². The standard InChI is InChI=1S/C21H35NO/c1-16(2)12-21(20-11-7-4-8-17(20)3)22-14-19(15-23)13-18-9-5-6-10-18/h4,7-8,11,16,18-19,21-23H,5-6,9-10,12-15H2,1-3H3. The number of aliphatic hydroxyl groups excluding tert-OH is 1. The molecule has 0 aromatic heterocycles. The van der Waals surface area contributed by atoms with Crippen molar-refractivity contribution in [3.63, 3.8) is 0 Å². The lowest BCUT2D eigenvalue weighted by Crippen LogP contribution is -2.31. The quantitative estimate of drug-likeness (QED) is 0.681. The van der Waals surface area contributed by atoms with Gasteiger partial charge in [0.2, 0.25) is 0 Å². The molecular formula is C21H35NO. The van der Waals surface area contributed by atoms with Crippen LogP contribution < -0.4 is 5.32 Å². The normalized spacial score (nSPS) is 18.5. The Bertz CT molecular complexity index is 451. The van der Waals surface area contributed by atoms with Crippen LogP contribution in [0.3, 0.4) is 0 Å². The minimum Gasteiger partial charge on any atom is -0.396 e. The summed E-state index contributed by atoms with van der Waals surface area (Å²) in [4.78, 5) is 0. The molecular weight excluding hydrogens is 282 g/mol. The van der Waals surface area contributed by atoms with Crippen molar-refractivity contribution in [1.82, 2.24) is 5.32 Å². The summed E-state index contributed by atoms with van der Waals surface area (Å²) >= 11 is 0. The molecule has 2 atom stereocenters. The first-order chi connectivity index (χ1) is 11.1. The van der Waals surface area contributed by atoms with Gasteiger partial charge in [-0.3, -0.25) is 0 Å². The summed E-state index contributed by atoms with van der Waals surface area (Å²) in [6.07, 6.45) is 7.83. The molecule has 2 unspecified atom stereocenters. The van der Waals surface area contributed by atoms with Gasteiger partial charge in [0.05, 0.1) is 0 Å². The van der Waals surface area contributed by atoms with E-state index in [1.165, 1.54) is 43.2 Å². The van der Waals surface area contributed by atoms with E-state index in [9.17, 15) is 5.11 Å². The van der Waals surface area contributed by atoms with Crippen molar-refractivity contribution in [2.75, 3.05) is 13.2 Å². The van der Waals surface area contributed by atoms with E-state index in [0.717, 1.165) is 18.9 Å². The molecule has 1 saturated carbocycles. The van der Waals surface area contributed by atoms with Gasteiger partial charge in [-0.1, -0.05) is 63.8 Å². The van der Waals surface area contributed by atoms with E-state index in [-0.39, 0.29) is 0 Å². The third kappa shape index (κ3) is 5.93. The lowest BCUT2D eigenvalue weighted by Gasteiger charge is -2.26. The Morgan fingerprint density at radius 2 is 1.87 bits per heavy atom. The van der Waals surface area contributed by atoms with E-state index in [1.54, 1.807) is 0 Å². The molecule has 1 fully saturated rings. The van der Waals surface area contributed by atoms with Gasteiger partial charge in [-0.05, 0) is 48.6 Å². The minimum atomic E-state index is 0.311. The molecule has 0 saturated heterocycles. The predicted molar refractivity (Wildman–Crippen MR) is 98.5 cm³/mol. The fraction of sp³-hybridized carbons (Fsp3) is 0.714. The Morgan fingerprint density at radius 1 is 1.17 bits per heavy atom. The first-order valence-corrected chi connectivity index (χ1v) is 9.50. The van der Waals surface area contributed by atoms with Gasteiger partial charge in [-0.2, -0.15) is 0 Å². The highest BCUT2D eigenvalue weighted by Gasteiger charge is 2.21. The first kappa shape index (κ1) is 18.5. The van der Waals surface area contributed by atoms with Gasteiger partial charge < -0.3 is 10.4 Å². The molecule has 0 radical (unpaired) electrons. The molecule has 2 heteroatoms. The molecule has 23 heavy (non-hydrogen) atoms. The fourth-order valence-corrected chi connectivity index (χ4v) is 4.02. The highest BCUT2D eigenvalue weighted by molar-refractivity contribution is 5.28. The molecule has 0 amide bonds. The average Bonchev–Trinajstić information content (AvgIpc) is 3.03. The smallest absolute Gasteiger partial charge is 0.0471 e. The van der Waals surface area contributed by atoms with Gasteiger partial charge in [0.15, 0.2) is 0 Å². The van der Waals surface area contributed by atoms with Crippen LogP contribution in [-0.4, -0.2) is 18.3 Å². The fourth-order valence-electron chi connectivity index (χ4n) is 4.02. The van der Waals surface area contributed by atoms with Crippen LogP contribution in [0.4, 0.5) is 0 Å². The van der Waals surface area contributed by atoms with Crippen LogP contribution in [0.25, 0.3) is 0 Å². The maximum absolute atomic E-state index is 9.77. The molecule has 2 N–H and O–H groups in total. The molecule has 0 spiro atoms. The number of hydrogen-bond acceptors (Lipinski definition) is 2. The van der Waals surface area contributed by atoms with E-state index < -0.39 is 0 Å². The number of benzene rings is 1. The van der Waals surface area contributed by atoms with E-state index in [2.05, 4.69) is 50.4 Å². The van der Waals surface area contributed by atoms with Crippen molar-refractivity contribution in [2.45, 2.75) is 65.3 Å². The maximum atomic E-state index is 9.77. The Balaban J connectivity index is 1.95. The van der Waals surface area contributed by atoms with Crippen LogP contribution in [-0.2, 0) is 0 Å². The van der Waals surface area contributed by atoms with E-state index in [1.807, 2.05) is 0 Å². The molecule has 2 rings (SSSR count). The number of hydrogen-bond donors (Lipinski definition) is 2. The summed E-state index contributed by atoms with van der Waals surface area (Å²) in [7, 11) is 0. The molecule has 1 aromatic carbocycles. The number of nitrogens with one attached hydrogen (secondary N) is 1. The summed E-state index contributed by atoms with van der Waals surface area (Å²) in [5.41, 5.74) is 2.78. The van der Waals surface area contributed by atoms with Crippen molar-refractivity contribution < 1.29 is 5.11 Å². The Morgan fingerprint density at radius 3 is 2.48 bits per heavy atom. The zero-order chi connectivity index (χ0) is 16.7. The van der Waals surface area contributed by atoms with E-state index in [4.69, 9.17) is 0 Å². The maximum Gasteiger partial charge on any atom is 0.0471 e. The zero-order valence-corrected chi connectivity index (χ0v) is 15.2. The number of aliphatic hydroxyl groups is 1. The third-order valence-corrected chi connectivity index (χ3v) is 5.32. The highest BCUT2D eigenvalue weighted by atomic mass is 16.3. The molecule has 0 aliphatic heterocycles. The molecule has 130 valence electrons. The SMILES string of the molecule is Cc1ccccc1C(CC(C)C)NCC(CO)CC1CCCC1. The van der Waals surface area contributed by atoms with Crippen LogP contribution in [0.1, 0.15) is 69.5 Å². The van der Waals surface area contributed by atoms with Gasteiger partial charge in [-0.25, -0.2) is 0 Å². The zero-order valence-electron chi connectivity index (χ0n) is 15.2. The molecule has 0 heterocycles. The third-order valence-electron chi connectivity index (χ3n) is 5.32. The summed E-state index contributed by atoms with van der Waals surface area (Å²) in [5.74, 6) is 1.90. The molecule has 1 aliphatic rings. The topological polar surface area (TPSA) is 32.3 Å². The van der Waals surface area contributed by atoms with E-state index in [0.29, 0.717) is 24.5 Å². The predicted octanol–water partition coefficient (Wildman–Crippen LogP) is 4.86. The number of rotatable bonds is 9. The largest absolute Gasteiger partial charge is 0.396 e. The monoisotopic (exact) mass is 317 g/mol. The van der Waals surface area contributed by atoms with Crippen LogP contribution in [0.15, 0.2) is 24.3 Å². The first-order valence-electron chi connectivity index (χ1n) is 9.50. The van der Waals surface area contributed by atoms with Crippen molar-refractivity contribution in [2.24, 2.45) is 17.8 Å². The second-order valence-corrected chi connectivity index (χ2v) is 7.88. The van der Waals surface area contributed by atoms with Gasteiger partial charge in [0.25, 0.3) is 0 Å². The minimum absolute atomic E-state index is 0.311.